The predicted molar refractivity (Wildman–Crippen MR) is 72.2 cm³/mol. The van der Waals surface area contributed by atoms with Crippen molar-refractivity contribution in [1.82, 2.24) is 5.32 Å². The van der Waals surface area contributed by atoms with E-state index in [9.17, 15) is 9.90 Å². The molecule has 0 fully saturated rings. The first-order valence-electron chi connectivity index (χ1n) is 5.32. The Balaban J connectivity index is 2.57. The van der Waals surface area contributed by atoms with E-state index in [1.807, 2.05) is 24.3 Å². The van der Waals surface area contributed by atoms with E-state index in [-0.39, 0.29) is 18.6 Å². The van der Waals surface area contributed by atoms with Crippen LogP contribution in [0.3, 0.4) is 0 Å². The summed E-state index contributed by atoms with van der Waals surface area (Å²) in [7, 11) is 0. The summed E-state index contributed by atoms with van der Waals surface area (Å²) in [4.78, 5) is 11.4. The molecule has 1 amide bonds. The first-order valence-corrected chi connectivity index (χ1v) is 6.55. The zero-order chi connectivity index (χ0) is 12.8. The fraction of sp³-hybridized carbons (Fsp3) is 0.417. The lowest BCUT2D eigenvalue weighted by Crippen LogP contribution is -2.42. The summed E-state index contributed by atoms with van der Waals surface area (Å²) in [6, 6.07) is 7.45. The number of halogens is 2. The Kier molecular flexibility index (Phi) is 5.95. The first-order chi connectivity index (χ1) is 8.02. The highest BCUT2D eigenvalue weighted by Gasteiger charge is 2.15. The van der Waals surface area contributed by atoms with Gasteiger partial charge in [0.15, 0.2) is 0 Å². The molecule has 2 atom stereocenters. The number of rotatable bonds is 5. The minimum absolute atomic E-state index is 0.106. The van der Waals surface area contributed by atoms with E-state index in [2.05, 4.69) is 21.2 Å². The monoisotopic (exact) mass is 319 g/mol. The van der Waals surface area contributed by atoms with Crippen LogP contribution in [-0.2, 0) is 11.2 Å². The van der Waals surface area contributed by atoms with Gasteiger partial charge in [0, 0.05) is 4.47 Å². The third-order valence-corrected chi connectivity index (χ3v) is 3.05. The van der Waals surface area contributed by atoms with Crippen LogP contribution in [-0.4, -0.2) is 29.0 Å². The number of carbonyl (C=O) groups excluding carboxylic acids is 1. The Hall–Kier alpha value is -0.580. The first kappa shape index (κ1) is 14.5. The van der Waals surface area contributed by atoms with Gasteiger partial charge < -0.3 is 10.4 Å². The minimum atomic E-state index is -0.589. The maximum absolute atomic E-state index is 11.4. The van der Waals surface area contributed by atoms with Gasteiger partial charge in [-0.05, 0) is 31.0 Å². The van der Waals surface area contributed by atoms with Gasteiger partial charge in [-0.3, -0.25) is 4.79 Å². The Morgan fingerprint density at radius 3 is 2.53 bits per heavy atom. The third kappa shape index (κ3) is 5.06. The highest BCUT2D eigenvalue weighted by Crippen LogP contribution is 2.12. The summed E-state index contributed by atoms with van der Waals surface area (Å²) in [5, 5.41) is 11.3. The molecule has 5 heteroatoms. The lowest BCUT2D eigenvalue weighted by atomic mass is 10.1. The van der Waals surface area contributed by atoms with Gasteiger partial charge >= 0.3 is 0 Å². The van der Waals surface area contributed by atoms with Crippen molar-refractivity contribution in [2.24, 2.45) is 0 Å². The summed E-state index contributed by atoms with van der Waals surface area (Å²) in [5.41, 5.74) is 1.05. The van der Waals surface area contributed by atoms with E-state index >= 15 is 0 Å². The second kappa shape index (κ2) is 6.99. The molecule has 2 N–H and O–H groups in total. The number of carbonyl (C=O) groups is 1. The molecule has 0 aliphatic carbocycles. The second-order valence-corrected chi connectivity index (χ2v) is 5.41. The van der Waals surface area contributed by atoms with E-state index in [0.717, 1.165) is 10.0 Å². The van der Waals surface area contributed by atoms with Crippen LogP contribution in [0, 0.1) is 0 Å². The molecule has 0 aliphatic heterocycles. The van der Waals surface area contributed by atoms with Crippen LogP contribution in [0.1, 0.15) is 12.5 Å². The number of hydrogen-bond donors (Lipinski definition) is 2. The highest BCUT2D eigenvalue weighted by atomic mass is 79.9. The van der Waals surface area contributed by atoms with Crippen LogP contribution in [0.4, 0.5) is 0 Å². The van der Waals surface area contributed by atoms with Crippen LogP contribution in [0.2, 0.25) is 0 Å². The quantitative estimate of drug-likeness (QED) is 0.816. The van der Waals surface area contributed by atoms with Crippen LogP contribution >= 0.6 is 27.5 Å². The fourth-order valence-corrected chi connectivity index (χ4v) is 1.71. The van der Waals surface area contributed by atoms with Gasteiger partial charge in [-0.25, -0.2) is 0 Å². The maximum atomic E-state index is 11.4. The van der Waals surface area contributed by atoms with Crippen molar-refractivity contribution in [2.75, 3.05) is 6.61 Å². The Morgan fingerprint density at radius 1 is 1.47 bits per heavy atom. The summed E-state index contributed by atoms with van der Waals surface area (Å²) in [5.74, 6) is -0.261. The van der Waals surface area contributed by atoms with Gasteiger partial charge in [0.2, 0.25) is 5.91 Å². The summed E-state index contributed by atoms with van der Waals surface area (Å²) in [6.45, 7) is 1.50. The van der Waals surface area contributed by atoms with Crippen LogP contribution in [0.5, 0.6) is 0 Å². The molecule has 0 saturated carbocycles. The molecule has 0 aromatic heterocycles. The molecule has 0 aliphatic rings. The van der Waals surface area contributed by atoms with E-state index in [4.69, 9.17) is 11.6 Å². The normalized spacial score (nSPS) is 14.1. The molecular weight excluding hydrogens is 305 g/mol. The van der Waals surface area contributed by atoms with Gasteiger partial charge in [0.25, 0.3) is 0 Å². The van der Waals surface area contributed by atoms with Crippen LogP contribution in [0.15, 0.2) is 28.7 Å². The van der Waals surface area contributed by atoms with Crippen molar-refractivity contribution >= 4 is 33.4 Å². The molecule has 17 heavy (non-hydrogen) atoms. The molecular formula is C12H15BrClNO2. The number of aliphatic hydroxyl groups excluding tert-OH is 1. The smallest absolute Gasteiger partial charge is 0.238 e. The van der Waals surface area contributed by atoms with Gasteiger partial charge in [-0.15, -0.1) is 11.6 Å². The highest BCUT2D eigenvalue weighted by molar-refractivity contribution is 9.10. The standard InChI is InChI=1S/C12H15BrClNO2/c1-8(14)12(17)15-11(7-16)6-9-2-4-10(13)5-3-9/h2-5,8,11,16H,6-7H2,1H3,(H,15,17). The van der Waals surface area contributed by atoms with Crippen molar-refractivity contribution in [3.8, 4) is 0 Å². The third-order valence-electron chi connectivity index (χ3n) is 2.32. The lowest BCUT2D eigenvalue weighted by molar-refractivity contribution is -0.121. The summed E-state index contributed by atoms with van der Waals surface area (Å²) < 4.78 is 1.00. The van der Waals surface area contributed by atoms with Crippen molar-refractivity contribution in [3.05, 3.63) is 34.3 Å². The predicted octanol–water partition coefficient (Wildman–Crippen LogP) is 2.10. The number of benzene rings is 1. The van der Waals surface area contributed by atoms with Gasteiger partial charge in [0.05, 0.1) is 12.6 Å². The molecule has 2 unspecified atom stereocenters. The van der Waals surface area contributed by atoms with Crippen molar-refractivity contribution in [2.45, 2.75) is 24.8 Å². The maximum Gasteiger partial charge on any atom is 0.238 e. The zero-order valence-corrected chi connectivity index (χ0v) is 11.8. The number of nitrogens with one attached hydrogen (secondary N) is 1. The zero-order valence-electron chi connectivity index (χ0n) is 9.49. The van der Waals surface area contributed by atoms with E-state index in [1.165, 1.54) is 0 Å². The van der Waals surface area contributed by atoms with Gasteiger partial charge in [-0.1, -0.05) is 28.1 Å². The molecule has 3 nitrogen and oxygen atoms in total. The Morgan fingerprint density at radius 2 is 2.06 bits per heavy atom. The average molecular weight is 321 g/mol. The molecule has 94 valence electrons. The van der Waals surface area contributed by atoms with Crippen molar-refractivity contribution in [1.29, 1.82) is 0 Å². The molecule has 0 radical (unpaired) electrons. The van der Waals surface area contributed by atoms with Crippen molar-refractivity contribution < 1.29 is 9.90 Å². The Labute approximate surface area is 114 Å². The molecule has 1 aromatic carbocycles. The number of hydrogen-bond acceptors (Lipinski definition) is 2. The largest absolute Gasteiger partial charge is 0.394 e. The number of alkyl halides is 1. The molecule has 0 saturated heterocycles. The van der Waals surface area contributed by atoms with Crippen LogP contribution in [0.25, 0.3) is 0 Å². The van der Waals surface area contributed by atoms with E-state index in [0.29, 0.717) is 6.42 Å². The fourth-order valence-electron chi connectivity index (χ4n) is 1.38. The molecule has 0 spiro atoms. The van der Waals surface area contributed by atoms with Crippen molar-refractivity contribution in [3.63, 3.8) is 0 Å². The summed E-state index contributed by atoms with van der Waals surface area (Å²) >= 11 is 9.00. The van der Waals surface area contributed by atoms with E-state index < -0.39 is 5.38 Å². The summed E-state index contributed by atoms with van der Waals surface area (Å²) in [6.07, 6.45) is 0.582. The topological polar surface area (TPSA) is 49.3 Å². The molecule has 1 aromatic rings. The Bertz CT molecular complexity index is 367. The van der Waals surface area contributed by atoms with Gasteiger partial charge in [0.1, 0.15) is 5.38 Å². The average Bonchev–Trinajstić information content (AvgIpc) is 2.30. The number of amides is 1. The second-order valence-electron chi connectivity index (χ2n) is 3.83. The molecule has 0 bridgehead atoms. The number of aliphatic hydroxyl groups is 1. The molecule has 0 heterocycles. The van der Waals surface area contributed by atoms with E-state index in [1.54, 1.807) is 6.92 Å². The minimum Gasteiger partial charge on any atom is -0.394 e. The lowest BCUT2D eigenvalue weighted by Gasteiger charge is -2.17. The molecule has 1 rings (SSSR count). The SMILES string of the molecule is CC(Cl)C(=O)NC(CO)Cc1ccc(Br)cc1. The van der Waals surface area contributed by atoms with Crippen LogP contribution < -0.4 is 5.32 Å². The van der Waals surface area contributed by atoms with Gasteiger partial charge in [-0.2, -0.15) is 0 Å².